The van der Waals surface area contributed by atoms with Crippen molar-refractivity contribution in [2.24, 2.45) is 5.92 Å². The molecule has 0 unspecified atom stereocenters. The third kappa shape index (κ3) is 4.73. The minimum absolute atomic E-state index is 0.134. The number of aryl methyl sites for hydroxylation is 1. The molecule has 3 rings (SSSR count). The molecule has 3 heteroatoms. The van der Waals surface area contributed by atoms with Gasteiger partial charge in [-0.3, -0.25) is 4.79 Å². The number of nitrogens with two attached hydrogens (primary N) is 1. The lowest BCUT2D eigenvalue weighted by Crippen LogP contribution is -2.89. The van der Waals surface area contributed by atoms with E-state index in [1.807, 2.05) is 18.2 Å². The lowest BCUT2D eigenvalue weighted by Gasteiger charge is -2.25. The van der Waals surface area contributed by atoms with Crippen LogP contribution in [0.15, 0.2) is 54.6 Å². The molecule has 1 amide bonds. The van der Waals surface area contributed by atoms with E-state index < -0.39 is 0 Å². The van der Waals surface area contributed by atoms with Gasteiger partial charge >= 0.3 is 0 Å². The average molecular weight is 352 g/mol. The lowest BCUT2D eigenvalue weighted by molar-refractivity contribution is -0.728. The molecule has 0 heterocycles. The van der Waals surface area contributed by atoms with Crippen LogP contribution in [0, 0.1) is 5.92 Å². The molecule has 0 bridgehead atoms. The van der Waals surface area contributed by atoms with Crippen LogP contribution in [0.25, 0.3) is 0 Å². The van der Waals surface area contributed by atoms with Crippen molar-refractivity contribution in [2.75, 3.05) is 0 Å². The molecule has 2 aromatic rings. The first kappa shape index (κ1) is 18.7. The van der Waals surface area contributed by atoms with Gasteiger partial charge in [-0.25, -0.2) is 0 Å². The number of amides is 1. The van der Waals surface area contributed by atoms with Crippen LogP contribution in [0.5, 0.6) is 0 Å². The van der Waals surface area contributed by atoms with E-state index in [0.29, 0.717) is 12.0 Å². The van der Waals surface area contributed by atoms with Crippen LogP contribution in [0.4, 0.5) is 0 Å². The number of carbonyl (C=O) groups is 1. The van der Waals surface area contributed by atoms with Gasteiger partial charge in [0.1, 0.15) is 6.04 Å². The van der Waals surface area contributed by atoms with E-state index in [1.54, 1.807) is 0 Å². The number of carbonyl (C=O) groups excluding carboxylic acids is 1. The van der Waals surface area contributed by atoms with Crippen molar-refractivity contribution in [3.05, 3.63) is 71.3 Å². The fourth-order valence-corrected chi connectivity index (χ4v) is 3.43. The van der Waals surface area contributed by atoms with Gasteiger partial charge in [0, 0.05) is 23.1 Å². The zero-order chi connectivity index (χ0) is 18.5. The standard InChI is InChI=1S/C23H30N2O/c1-4-17-10-12-19(13-11-17)21(16(2)3)25-22(18-8-6-5-7-9-18)23(26)24-20-14-15-20/h5-13,16,20-22,25H,4,14-15H2,1-3H3,(H,24,26)/p+1/t21-,22+/m1/s1. The monoisotopic (exact) mass is 351 g/mol. The van der Waals surface area contributed by atoms with Gasteiger partial charge in [-0.05, 0) is 24.8 Å². The van der Waals surface area contributed by atoms with E-state index in [-0.39, 0.29) is 18.0 Å². The first-order valence-electron chi connectivity index (χ1n) is 9.87. The molecule has 26 heavy (non-hydrogen) atoms. The SMILES string of the molecule is CCc1ccc([C@H]([NH2+][C@H](C(=O)NC2CC2)c2ccccc2)C(C)C)cc1. The molecular formula is C23H31N2O+. The molecule has 0 saturated heterocycles. The van der Waals surface area contributed by atoms with E-state index in [1.165, 1.54) is 11.1 Å². The highest BCUT2D eigenvalue weighted by molar-refractivity contribution is 5.82. The van der Waals surface area contributed by atoms with Crippen molar-refractivity contribution >= 4 is 5.91 Å². The summed E-state index contributed by atoms with van der Waals surface area (Å²) in [5, 5.41) is 5.44. The summed E-state index contributed by atoms with van der Waals surface area (Å²) in [7, 11) is 0. The van der Waals surface area contributed by atoms with Crippen LogP contribution < -0.4 is 10.6 Å². The highest BCUT2D eigenvalue weighted by Gasteiger charge is 2.33. The van der Waals surface area contributed by atoms with Crippen molar-refractivity contribution < 1.29 is 10.1 Å². The summed E-state index contributed by atoms with van der Waals surface area (Å²) in [6.45, 7) is 6.64. The Labute approximate surface area is 157 Å². The molecule has 0 radical (unpaired) electrons. The Kier molecular flexibility index (Phi) is 6.10. The smallest absolute Gasteiger partial charge is 0.283 e. The molecular weight excluding hydrogens is 320 g/mol. The van der Waals surface area contributed by atoms with Crippen molar-refractivity contribution in [3.63, 3.8) is 0 Å². The van der Waals surface area contributed by atoms with E-state index in [2.05, 4.69) is 67.8 Å². The molecule has 0 aromatic heterocycles. The highest BCUT2D eigenvalue weighted by Crippen LogP contribution is 2.23. The number of rotatable bonds is 8. The van der Waals surface area contributed by atoms with Gasteiger partial charge in [0.15, 0.2) is 6.04 Å². The predicted octanol–water partition coefficient (Wildman–Crippen LogP) is 3.53. The molecule has 3 N–H and O–H groups in total. The van der Waals surface area contributed by atoms with Crippen molar-refractivity contribution in [1.29, 1.82) is 0 Å². The summed E-state index contributed by atoms with van der Waals surface area (Å²) in [4.78, 5) is 12.9. The van der Waals surface area contributed by atoms with Crippen molar-refractivity contribution in [2.45, 2.75) is 58.2 Å². The molecule has 2 aromatic carbocycles. The molecule has 1 aliphatic carbocycles. The van der Waals surface area contributed by atoms with E-state index in [4.69, 9.17) is 0 Å². The summed E-state index contributed by atoms with van der Waals surface area (Å²) >= 11 is 0. The number of hydrogen-bond acceptors (Lipinski definition) is 1. The van der Waals surface area contributed by atoms with Crippen LogP contribution in [0.1, 0.15) is 62.4 Å². The Morgan fingerprint density at radius 2 is 1.69 bits per heavy atom. The normalized spacial score (nSPS) is 16.3. The summed E-state index contributed by atoms with van der Waals surface area (Å²) in [5.74, 6) is 0.567. The molecule has 1 fully saturated rings. The molecule has 0 spiro atoms. The van der Waals surface area contributed by atoms with Gasteiger partial charge in [0.05, 0.1) is 0 Å². The Balaban J connectivity index is 1.84. The minimum atomic E-state index is -0.213. The van der Waals surface area contributed by atoms with Crippen LogP contribution >= 0.6 is 0 Å². The largest absolute Gasteiger partial charge is 0.348 e. The zero-order valence-corrected chi connectivity index (χ0v) is 16.1. The Morgan fingerprint density at radius 3 is 2.23 bits per heavy atom. The minimum Gasteiger partial charge on any atom is -0.348 e. The zero-order valence-electron chi connectivity index (χ0n) is 16.1. The van der Waals surface area contributed by atoms with Crippen LogP contribution in [-0.2, 0) is 11.2 Å². The summed E-state index contributed by atoms with van der Waals surface area (Å²) in [6, 6.07) is 19.4. The quantitative estimate of drug-likeness (QED) is 0.751. The van der Waals surface area contributed by atoms with E-state index >= 15 is 0 Å². The summed E-state index contributed by atoms with van der Waals surface area (Å²) < 4.78 is 0. The fraction of sp³-hybridized carbons (Fsp3) is 0.435. The highest BCUT2D eigenvalue weighted by atomic mass is 16.2. The van der Waals surface area contributed by atoms with E-state index in [0.717, 1.165) is 24.8 Å². The van der Waals surface area contributed by atoms with Crippen LogP contribution in [0.3, 0.4) is 0 Å². The van der Waals surface area contributed by atoms with Crippen molar-refractivity contribution in [1.82, 2.24) is 5.32 Å². The van der Waals surface area contributed by atoms with Gasteiger partial charge in [0.25, 0.3) is 5.91 Å². The lowest BCUT2D eigenvalue weighted by atomic mass is 9.93. The number of nitrogens with one attached hydrogen (secondary N) is 1. The molecule has 1 aliphatic rings. The predicted molar refractivity (Wildman–Crippen MR) is 106 cm³/mol. The summed E-state index contributed by atoms with van der Waals surface area (Å²) in [5.41, 5.74) is 3.71. The Hall–Kier alpha value is -2.13. The second-order valence-corrected chi connectivity index (χ2v) is 7.73. The maximum absolute atomic E-state index is 12.9. The molecule has 3 nitrogen and oxygen atoms in total. The Bertz CT molecular complexity index is 705. The molecule has 1 saturated carbocycles. The molecule has 138 valence electrons. The van der Waals surface area contributed by atoms with Crippen molar-refractivity contribution in [3.8, 4) is 0 Å². The number of benzene rings is 2. The van der Waals surface area contributed by atoms with Crippen LogP contribution in [-0.4, -0.2) is 11.9 Å². The number of quaternary nitrogens is 1. The summed E-state index contributed by atoms with van der Waals surface area (Å²) in [6.07, 6.45) is 3.27. The third-order valence-corrected chi connectivity index (χ3v) is 5.26. The van der Waals surface area contributed by atoms with Gasteiger partial charge in [-0.1, -0.05) is 75.4 Å². The van der Waals surface area contributed by atoms with Gasteiger partial charge in [0.2, 0.25) is 0 Å². The second kappa shape index (κ2) is 8.50. The van der Waals surface area contributed by atoms with Crippen LogP contribution in [0.2, 0.25) is 0 Å². The fourth-order valence-electron chi connectivity index (χ4n) is 3.43. The first-order chi connectivity index (χ1) is 12.6. The molecule has 2 atom stereocenters. The molecule has 0 aliphatic heterocycles. The van der Waals surface area contributed by atoms with Gasteiger partial charge < -0.3 is 10.6 Å². The van der Waals surface area contributed by atoms with Gasteiger partial charge in [-0.15, -0.1) is 0 Å². The maximum Gasteiger partial charge on any atom is 0.283 e. The van der Waals surface area contributed by atoms with Gasteiger partial charge in [-0.2, -0.15) is 0 Å². The number of hydrogen-bond donors (Lipinski definition) is 2. The average Bonchev–Trinajstić information content (AvgIpc) is 3.47. The maximum atomic E-state index is 12.9. The van der Waals surface area contributed by atoms with E-state index in [9.17, 15) is 4.79 Å². The third-order valence-electron chi connectivity index (χ3n) is 5.26. The Morgan fingerprint density at radius 1 is 1.04 bits per heavy atom. The topological polar surface area (TPSA) is 45.7 Å². The first-order valence-corrected chi connectivity index (χ1v) is 9.87. The second-order valence-electron chi connectivity index (χ2n) is 7.73.